The van der Waals surface area contributed by atoms with Gasteiger partial charge in [0.25, 0.3) is 0 Å². The van der Waals surface area contributed by atoms with Crippen LogP contribution in [0.4, 0.5) is 0 Å². The quantitative estimate of drug-likeness (QED) is 0.0538. The SMILES string of the molecule is CCCCC[C+]1C=C(CC(Cc2ccc(O)c(OC)c2)C(=O)CC(O)C(Cc2cc[n-]c2)Cc2ccc(O)c(OC)c2Cc2cccc3ccccc23)C=N1. The summed E-state index contributed by atoms with van der Waals surface area (Å²) < 4.78 is 11.2. The summed E-state index contributed by atoms with van der Waals surface area (Å²) in [5, 5.41) is 35.5. The number of benzene rings is 4. The Labute approximate surface area is 324 Å². The van der Waals surface area contributed by atoms with E-state index in [1.807, 2.05) is 42.6 Å². The van der Waals surface area contributed by atoms with Crippen LogP contribution in [0.3, 0.4) is 0 Å². The molecule has 6 rings (SSSR count). The number of hydrogen-bond acceptors (Lipinski definition) is 7. The first-order valence-corrected chi connectivity index (χ1v) is 19.3. The number of fused-ring (bicyclic) bond motifs is 1. The second-order valence-corrected chi connectivity index (χ2v) is 14.7. The number of aliphatic hydroxyl groups excluding tert-OH is 1. The molecular formula is C47H52N2O6. The van der Waals surface area contributed by atoms with E-state index in [0.29, 0.717) is 43.6 Å². The molecule has 5 aromatic rings. The molecule has 1 aromatic heterocycles. The lowest BCUT2D eigenvalue weighted by atomic mass is 9.81. The number of phenols is 2. The van der Waals surface area contributed by atoms with Gasteiger partial charge in [-0.1, -0.05) is 86.0 Å². The summed E-state index contributed by atoms with van der Waals surface area (Å²) in [5.74, 6) is 0.0335. The van der Waals surface area contributed by atoms with Crippen molar-refractivity contribution >= 4 is 22.8 Å². The summed E-state index contributed by atoms with van der Waals surface area (Å²) in [6.45, 7) is 2.18. The van der Waals surface area contributed by atoms with Gasteiger partial charge in [-0.15, -0.1) is 4.99 Å². The van der Waals surface area contributed by atoms with Crippen LogP contribution in [0.15, 0.2) is 108 Å². The summed E-state index contributed by atoms with van der Waals surface area (Å²) in [5.41, 5.74) is 5.71. The fraction of sp³-hybridized carbons (Fsp3) is 0.340. The molecule has 55 heavy (non-hydrogen) atoms. The summed E-state index contributed by atoms with van der Waals surface area (Å²) in [6, 6.07) is 26.2. The molecule has 4 aromatic carbocycles. The molecule has 8 nitrogen and oxygen atoms in total. The van der Waals surface area contributed by atoms with Gasteiger partial charge in [0, 0.05) is 37.2 Å². The molecule has 0 aliphatic carbocycles. The maximum absolute atomic E-state index is 14.4. The van der Waals surface area contributed by atoms with Gasteiger partial charge in [0.2, 0.25) is 0 Å². The molecule has 0 amide bonds. The number of phenolic OH excluding ortho intramolecular Hbond substituents is 2. The number of Topliss-reactive ketones (excluding diaryl/α,β-unsaturated/α-hetero) is 1. The van der Waals surface area contributed by atoms with Crippen molar-refractivity contribution in [3.05, 3.63) is 137 Å². The zero-order valence-corrected chi connectivity index (χ0v) is 32.1. The second-order valence-electron chi connectivity index (χ2n) is 14.7. The summed E-state index contributed by atoms with van der Waals surface area (Å²) in [4.78, 5) is 23.3. The van der Waals surface area contributed by atoms with Gasteiger partial charge in [-0.3, -0.25) is 4.79 Å². The Bertz CT molecular complexity index is 2100. The van der Waals surface area contributed by atoms with E-state index in [9.17, 15) is 20.1 Å². The van der Waals surface area contributed by atoms with E-state index in [-0.39, 0.29) is 29.6 Å². The smallest absolute Gasteiger partial charge is 0.176 e. The molecule has 3 N–H and O–H groups in total. The van der Waals surface area contributed by atoms with Crippen LogP contribution in [-0.2, 0) is 30.5 Å². The predicted molar refractivity (Wildman–Crippen MR) is 218 cm³/mol. The highest BCUT2D eigenvalue weighted by Gasteiger charge is 2.32. The van der Waals surface area contributed by atoms with Crippen molar-refractivity contribution in [2.75, 3.05) is 14.2 Å². The monoisotopic (exact) mass is 740 g/mol. The summed E-state index contributed by atoms with van der Waals surface area (Å²) in [7, 11) is 3.07. The van der Waals surface area contributed by atoms with Crippen LogP contribution in [0.1, 0.15) is 73.3 Å². The van der Waals surface area contributed by atoms with Crippen LogP contribution in [0.25, 0.3) is 10.8 Å². The van der Waals surface area contributed by atoms with Crippen LogP contribution >= 0.6 is 0 Å². The number of aromatic nitrogens is 1. The van der Waals surface area contributed by atoms with Gasteiger partial charge in [-0.2, -0.15) is 12.4 Å². The number of aliphatic hydroxyl groups is 1. The molecule has 1 aliphatic heterocycles. The van der Waals surface area contributed by atoms with Gasteiger partial charge in [-0.05, 0) is 77.3 Å². The molecule has 0 bridgehead atoms. The van der Waals surface area contributed by atoms with E-state index in [1.54, 1.807) is 37.7 Å². The zero-order valence-electron chi connectivity index (χ0n) is 32.1. The van der Waals surface area contributed by atoms with E-state index in [1.165, 1.54) is 7.11 Å². The number of carbonyl (C=O) groups excluding carboxylic acids is 1. The minimum atomic E-state index is -0.966. The van der Waals surface area contributed by atoms with Crippen LogP contribution in [-0.4, -0.2) is 47.6 Å². The number of ether oxygens (including phenoxy) is 2. The van der Waals surface area contributed by atoms with E-state index >= 15 is 0 Å². The molecule has 3 atom stereocenters. The third kappa shape index (κ3) is 9.99. The Balaban J connectivity index is 1.28. The second kappa shape index (κ2) is 18.7. The Morgan fingerprint density at radius 3 is 2.45 bits per heavy atom. The van der Waals surface area contributed by atoms with Crippen molar-refractivity contribution in [3.63, 3.8) is 0 Å². The molecular weight excluding hydrogens is 689 g/mol. The Kier molecular flexibility index (Phi) is 13.4. The Hall–Kier alpha value is -5.47. The highest BCUT2D eigenvalue weighted by atomic mass is 16.5. The third-order valence-corrected chi connectivity index (χ3v) is 10.8. The van der Waals surface area contributed by atoms with Gasteiger partial charge in [0.15, 0.2) is 29.2 Å². The van der Waals surface area contributed by atoms with Crippen molar-refractivity contribution in [1.29, 1.82) is 0 Å². The van der Waals surface area contributed by atoms with Gasteiger partial charge >= 0.3 is 0 Å². The first-order chi connectivity index (χ1) is 26.8. The number of ketones is 1. The Morgan fingerprint density at radius 1 is 0.855 bits per heavy atom. The van der Waals surface area contributed by atoms with Gasteiger partial charge in [-0.25, -0.2) is 0 Å². The number of rotatable bonds is 20. The fourth-order valence-corrected chi connectivity index (χ4v) is 7.79. The highest BCUT2D eigenvalue weighted by Crippen LogP contribution is 2.38. The molecule has 1 aliphatic rings. The van der Waals surface area contributed by atoms with Crippen LogP contribution in [0.2, 0.25) is 0 Å². The van der Waals surface area contributed by atoms with Crippen molar-refractivity contribution in [1.82, 2.24) is 4.98 Å². The van der Waals surface area contributed by atoms with Crippen LogP contribution in [0, 0.1) is 17.9 Å². The van der Waals surface area contributed by atoms with Crippen molar-refractivity contribution in [2.24, 2.45) is 16.8 Å². The van der Waals surface area contributed by atoms with E-state index in [4.69, 9.17) is 9.47 Å². The number of unbranched alkanes of at least 4 members (excludes halogenated alkanes) is 2. The summed E-state index contributed by atoms with van der Waals surface area (Å²) in [6.07, 6.45) is 13.2. The minimum Gasteiger partial charge on any atom is -0.670 e. The first-order valence-electron chi connectivity index (χ1n) is 19.3. The number of allylic oxidation sites excluding steroid dienone is 1. The maximum Gasteiger partial charge on any atom is 0.176 e. The molecule has 0 spiro atoms. The number of nitrogens with zero attached hydrogens (tertiary/aromatic N) is 2. The summed E-state index contributed by atoms with van der Waals surface area (Å²) >= 11 is 0. The topological polar surface area (TPSA) is 123 Å². The standard InChI is InChI=1S/C47H52N2O6/c1-4-5-6-13-39-24-33(30-49-39)23-37(21-31-15-17-42(50)46(25-31)54-2)44(52)28-45(53)38(22-32-19-20-48-29-32)26-36-16-18-43(51)47(55-3)41(36)27-35-12-9-11-34-10-7-8-14-40(34)35/h7-12,14-20,24-25,29-30,37-38,45,50-51,53H,4-6,13,21-23,26-28H2,1-3H3. The maximum atomic E-state index is 14.4. The lowest BCUT2D eigenvalue weighted by molar-refractivity contribution is -0.125. The average molecular weight is 741 g/mol. The zero-order chi connectivity index (χ0) is 38.7. The van der Waals surface area contributed by atoms with Crippen molar-refractivity contribution < 1.29 is 29.6 Å². The molecule has 2 heterocycles. The molecule has 3 unspecified atom stereocenters. The van der Waals surface area contributed by atoms with Crippen molar-refractivity contribution in [2.45, 2.75) is 77.2 Å². The number of aromatic hydroxyl groups is 2. The Morgan fingerprint density at radius 2 is 1.67 bits per heavy atom. The van der Waals surface area contributed by atoms with Gasteiger partial charge in [0.1, 0.15) is 17.4 Å². The molecule has 0 saturated heterocycles. The normalized spacial score (nSPS) is 14.2. The molecule has 286 valence electrons. The number of hydrogen-bond donors (Lipinski definition) is 3. The first kappa shape index (κ1) is 39.2. The largest absolute Gasteiger partial charge is 0.670 e. The minimum absolute atomic E-state index is 0.0376. The lowest BCUT2D eigenvalue weighted by Crippen LogP contribution is -2.31. The lowest BCUT2D eigenvalue weighted by Gasteiger charge is -2.26. The predicted octanol–water partition coefficient (Wildman–Crippen LogP) is 8.91. The molecule has 0 fully saturated rings. The van der Waals surface area contributed by atoms with E-state index in [0.717, 1.165) is 75.9 Å². The number of methoxy groups -OCH3 is 2. The molecule has 8 heteroatoms. The third-order valence-electron chi connectivity index (χ3n) is 10.8. The molecule has 0 saturated carbocycles. The average Bonchev–Trinajstić information content (AvgIpc) is 3.88. The van der Waals surface area contributed by atoms with E-state index < -0.39 is 12.0 Å². The van der Waals surface area contributed by atoms with Gasteiger partial charge < -0.3 is 29.8 Å². The van der Waals surface area contributed by atoms with Crippen LogP contribution < -0.4 is 14.5 Å². The van der Waals surface area contributed by atoms with Crippen LogP contribution in [0.5, 0.6) is 23.0 Å². The number of carbonyl (C=O) groups is 1. The van der Waals surface area contributed by atoms with Gasteiger partial charge in [0.05, 0.1) is 26.4 Å². The van der Waals surface area contributed by atoms with E-state index in [2.05, 4.69) is 47.2 Å². The number of aliphatic imine (C=N–C) groups is 1. The fourth-order valence-electron chi connectivity index (χ4n) is 7.79. The van der Waals surface area contributed by atoms with Crippen molar-refractivity contribution in [3.8, 4) is 23.0 Å². The highest BCUT2D eigenvalue weighted by molar-refractivity contribution is 5.87. The molecule has 0 radical (unpaired) electrons.